The van der Waals surface area contributed by atoms with Gasteiger partial charge in [-0.1, -0.05) is 0 Å². The Kier molecular flexibility index (Phi) is 2.59. The normalized spacial score (nSPS) is 24.5. The molecule has 6 heteroatoms. The summed E-state index contributed by atoms with van der Waals surface area (Å²) in [5, 5.41) is 0. The molecule has 0 aliphatic heterocycles. The van der Waals surface area contributed by atoms with Gasteiger partial charge in [-0.05, 0) is 30.7 Å². The molecule has 0 amide bonds. The number of allylic oxidation sites excluding steroid dienone is 4. The molecular weight excluding hydrogens is 268 g/mol. The number of hydrogen-bond acceptors (Lipinski definition) is 6. The molecule has 0 fully saturated rings. The average Bonchev–Trinajstić information content (AvgIpc) is 2.42. The summed E-state index contributed by atoms with van der Waals surface area (Å²) in [5.74, 6) is -2.19. The van der Waals surface area contributed by atoms with Gasteiger partial charge in [-0.3, -0.25) is 9.59 Å². The maximum absolute atomic E-state index is 12.8. The molecule has 1 aromatic carbocycles. The average molecular weight is 284 g/mol. The molecule has 0 saturated heterocycles. The molecule has 2 unspecified atom stereocenters. The zero-order valence-corrected chi connectivity index (χ0v) is 11.5. The van der Waals surface area contributed by atoms with E-state index in [0.717, 1.165) is 0 Å². The Morgan fingerprint density at radius 1 is 0.857 bits per heavy atom. The van der Waals surface area contributed by atoms with Gasteiger partial charge in [0.25, 0.3) is 0 Å². The third-order valence-corrected chi connectivity index (χ3v) is 4.19. The van der Waals surface area contributed by atoms with Crippen molar-refractivity contribution in [1.82, 2.24) is 0 Å². The minimum absolute atomic E-state index is 0.157. The van der Waals surface area contributed by atoms with Crippen LogP contribution in [0, 0.1) is 11.8 Å². The lowest BCUT2D eigenvalue weighted by atomic mass is 9.68. The van der Waals surface area contributed by atoms with Crippen molar-refractivity contribution in [2.45, 2.75) is 6.92 Å². The molecule has 2 aliphatic rings. The number of benzene rings is 1. The van der Waals surface area contributed by atoms with Crippen LogP contribution >= 0.6 is 0 Å². The van der Waals surface area contributed by atoms with Crippen molar-refractivity contribution < 1.29 is 9.59 Å². The van der Waals surface area contributed by atoms with Crippen LogP contribution in [0.2, 0.25) is 0 Å². The largest absolute Gasteiger partial charge is 0.401 e. The number of fused-ring (bicyclic) bond motifs is 2. The molecule has 1 aromatic rings. The summed E-state index contributed by atoms with van der Waals surface area (Å²) in [5.41, 5.74) is 25.9. The van der Waals surface area contributed by atoms with E-state index in [1.165, 1.54) is 12.1 Å². The van der Waals surface area contributed by atoms with Crippen molar-refractivity contribution in [1.29, 1.82) is 0 Å². The van der Waals surface area contributed by atoms with Crippen molar-refractivity contribution in [2.75, 3.05) is 11.5 Å². The second-order valence-electron chi connectivity index (χ2n) is 5.46. The van der Waals surface area contributed by atoms with Gasteiger partial charge in [0, 0.05) is 22.8 Å². The van der Waals surface area contributed by atoms with E-state index < -0.39 is 11.8 Å². The first kappa shape index (κ1) is 13.2. The molecule has 2 atom stereocenters. The van der Waals surface area contributed by atoms with Gasteiger partial charge in [0.2, 0.25) is 0 Å². The SMILES string of the molecule is CC1=C(N)C2C(=O)c3c(N)ccc(N)c3C(=O)C2C(N)=C1. The Bertz CT molecular complexity index is 761. The predicted molar refractivity (Wildman–Crippen MR) is 80.1 cm³/mol. The van der Waals surface area contributed by atoms with Crippen molar-refractivity contribution in [3.8, 4) is 0 Å². The van der Waals surface area contributed by atoms with Gasteiger partial charge in [0.1, 0.15) is 0 Å². The number of hydrogen-bond donors (Lipinski definition) is 4. The summed E-state index contributed by atoms with van der Waals surface area (Å²) in [4.78, 5) is 25.5. The summed E-state index contributed by atoms with van der Waals surface area (Å²) in [7, 11) is 0. The smallest absolute Gasteiger partial charge is 0.175 e. The molecule has 3 rings (SSSR count). The molecule has 0 radical (unpaired) electrons. The molecule has 0 spiro atoms. The Balaban J connectivity index is 2.33. The van der Waals surface area contributed by atoms with Gasteiger partial charge in [0.15, 0.2) is 11.6 Å². The van der Waals surface area contributed by atoms with Crippen molar-refractivity contribution in [3.63, 3.8) is 0 Å². The molecule has 21 heavy (non-hydrogen) atoms. The maximum atomic E-state index is 12.8. The summed E-state index contributed by atoms with van der Waals surface area (Å²) in [6.07, 6.45) is 1.63. The van der Waals surface area contributed by atoms with E-state index in [0.29, 0.717) is 17.0 Å². The fourth-order valence-corrected chi connectivity index (χ4v) is 3.11. The third kappa shape index (κ3) is 1.59. The molecule has 8 N–H and O–H groups in total. The van der Waals surface area contributed by atoms with Crippen LogP contribution in [0.1, 0.15) is 27.6 Å². The fourth-order valence-electron chi connectivity index (χ4n) is 3.11. The highest BCUT2D eigenvalue weighted by molar-refractivity contribution is 6.22. The van der Waals surface area contributed by atoms with Crippen molar-refractivity contribution >= 4 is 22.9 Å². The van der Waals surface area contributed by atoms with Crippen LogP contribution in [0.4, 0.5) is 11.4 Å². The summed E-state index contributed by atoms with van der Waals surface area (Å²) in [6, 6.07) is 3.04. The van der Waals surface area contributed by atoms with Gasteiger partial charge in [0.05, 0.1) is 23.0 Å². The summed E-state index contributed by atoms with van der Waals surface area (Å²) < 4.78 is 0. The van der Waals surface area contributed by atoms with Crippen molar-refractivity contribution in [3.05, 3.63) is 46.3 Å². The second kappa shape index (κ2) is 4.12. The van der Waals surface area contributed by atoms with Crippen LogP contribution in [-0.4, -0.2) is 11.6 Å². The number of nitrogen functional groups attached to an aromatic ring is 2. The standard InChI is InChI=1S/C15H16N4O2/c1-5-4-8(18)11-12(13(5)19)15(21)10-7(17)3-2-6(16)9(10)14(11)20/h2-4,11-12H,16-19H2,1H3. The van der Waals surface area contributed by atoms with Gasteiger partial charge in [-0.2, -0.15) is 0 Å². The zero-order valence-electron chi connectivity index (χ0n) is 11.5. The first-order chi connectivity index (χ1) is 9.84. The number of carbonyl (C=O) groups is 2. The Morgan fingerprint density at radius 2 is 1.33 bits per heavy atom. The first-order valence-electron chi connectivity index (χ1n) is 6.54. The molecule has 0 bridgehead atoms. The molecule has 0 heterocycles. The van der Waals surface area contributed by atoms with E-state index in [4.69, 9.17) is 22.9 Å². The Morgan fingerprint density at radius 3 is 1.86 bits per heavy atom. The number of anilines is 2. The minimum atomic E-state index is -0.794. The lowest BCUT2D eigenvalue weighted by Gasteiger charge is -2.35. The highest BCUT2D eigenvalue weighted by Gasteiger charge is 2.47. The van der Waals surface area contributed by atoms with E-state index in [1.54, 1.807) is 13.0 Å². The van der Waals surface area contributed by atoms with E-state index in [1.807, 2.05) is 0 Å². The van der Waals surface area contributed by atoms with Gasteiger partial charge < -0.3 is 22.9 Å². The lowest BCUT2D eigenvalue weighted by molar-refractivity contribution is 0.0784. The van der Waals surface area contributed by atoms with Crippen LogP contribution < -0.4 is 22.9 Å². The third-order valence-electron chi connectivity index (χ3n) is 4.19. The number of carbonyl (C=O) groups excluding carboxylic acids is 2. The van der Waals surface area contributed by atoms with Crippen LogP contribution in [0.3, 0.4) is 0 Å². The van der Waals surface area contributed by atoms with Crippen LogP contribution in [0.5, 0.6) is 0 Å². The van der Waals surface area contributed by atoms with Crippen LogP contribution in [-0.2, 0) is 0 Å². The number of Topliss-reactive ketones (excluding diaryl/α,β-unsaturated/α-hetero) is 2. The van der Waals surface area contributed by atoms with Gasteiger partial charge in [-0.25, -0.2) is 0 Å². The van der Waals surface area contributed by atoms with Crippen LogP contribution in [0.15, 0.2) is 35.2 Å². The number of nitrogens with two attached hydrogens (primary N) is 4. The highest BCUT2D eigenvalue weighted by Crippen LogP contribution is 2.42. The molecule has 2 aliphatic carbocycles. The molecule has 0 aromatic heterocycles. The highest BCUT2D eigenvalue weighted by atomic mass is 16.1. The second-order valence-corrected chi connectivity index (χ2v) is 5.46. The quantitative estimate of drug-likeness (QED) is 0.513. The Labute approximate surface area is 121 Å². The monoisotopic (exact) mass is 284 g/mol. The van der Waals surface area contributed by atoms with Gasteiger partial charge >= 0.3 is 0 Å². The van der Waals surface area contributed by atoms with Crippen LogP contribution in [0.25, 0.3) is 0 Å². The summed E-state index contributed by atoms with van der Waals surface area (Å²) >= 11 is 0. The molecule has 108 valence electrons. The van der Waals surface area contributed by atoms with Gasteiger partial charge in [-0.15, -0.1) is 0 Å². The molecule has 0 saturated carbocycles. The topological polar surface area (TPSA) is 138 Å². The van der Waals surface area contributed by atoms with E-state index in [2.05, 4.69) is 0 Å². The maximum Gasteiger partial charge on any atom is 0.175 e. The first-order valence-corrected chi connectivity index (χ1v) is 6.54. The fraction of sp³-hybridized carbons (Fsp3) is 0.200. The van der Waals surface area contributed by atoms with E-state index in [9.17, 15) is 9.59 Å². The van der Waals surface area contributed by atoms with E-state index in [-0.39, 0.29) is 34.1 Å². The minimum Gasteiger partial charge on any atom is -0.401 e. The number of ketones is 2. The molecular formula is C15H16N4O2. The number of rotatable bonds is 0. The molecule has 6 nitrogen and oxygen atoms in total. The predicted octanol–water partition coefficient (Wildman–Crippen LogP) is 0.551. The van der Waals surface area contributed by atoms with Crippen molar-refractivity contribution in [2.24, 2.45) is 23.3 Å². The Hall–Kier alpha value is -2.76. The zero-order chi connectivity index (χ0) is 15.5. The van der Waals surface area contributed by atoms with E-state index >= 15 is 0 Å². The summed E-state index contributed by atoms with van der Waals surface area (Å²) in [6.45, 7) is 1.76. The lowest BCUT2D eigenvalue weighted by Crippen LogP contribution is -2.44.